The molecule has 0 spiro atoms. The van der Waals surface area contributed by atoms with Gasteiger partial charge in [-0.2, -0.15) is 10.2 Å². The van der Waals surface area contributed by atoms with E-state index >= 15 is 0 Å². The molecule has 0 radical (unpaired) electrons. The zero-order chi connectivity index (χ0) is 18.9. The number of imidazole rings is 1. The molecule has 2 aromatic rings. The van der Waals surface area contributed by atoms with Crippen LogP contribution in [-0.2, 0) is 4.79 Å². The van der Waals surface area contributed by atoms with Gasteiger partial charge in [0.05, 0.1) is 16.7 Å². The SMILES string of the molecule is C#CCCC1(CCC(=O)N2CCN(c3cccc4[nH]c(=O)[nH]c34)CC2)N=N1. The number of terminal acetylenes is 1. The van der Waals surface area contributed by atoms with Crippen LogP contribution in [0.4, 0.5) is 5.69 Å². The molecule has 0 atom stereocenters. The summed E-state index contributed by atoms with van der Waals surface area (Å²) in [6.07, 6.45) is 7.74. The summed E-state index contributed by atoms with van der Waals surface area (Å²) in [6, 6.07) is 5.80. The predicted octanol–water partition coefficient (Wildman–Crippen LogP) is 1.86. The molecule has 0 bridgehead atoms. The summed E-state index contributed by atoms with van der Waals surface area (Å²) in [4.78, 5) is 33.9. The van der Waals surface area contributed by atoms with Gasteiger partial charge in [-0.05, 0) is 12.1 Å². The van der Waals surface area contributed by atoms with E-state index in [1.807, 2.05) is 23.1 Å². The number of aromatic nitrogens is 2. The van der Waals surface area contributed by atoms with Gasteiger partial charge in [0, 0.05) is 51.9 Å². The van der Waals surface area contributed by atoms with Crippen LogP contribution in [0.5, 0.6) is 0 Å². The van der Waals surface area contributed by atoms with E-state index in [4.69, 9.17) is 6.42 Å². The number of fused-ring (bicyclic) bond motifs is 1. The fourth-order valence-corrected chi connectivity index (χ4v) is 3.64. The highest BCUT2D eigenvalue weighted by atomic mass is 16.2. The number of para-hydroxylation sites is 1. The number of rotatable bonds is 6. The normalized spacial score (nSPS) is 17.9. The van der Waals surface area contributed by atoms with Crippen molar-refractivity contribution in [2.24, 2.45) is 10.2 Å². The molecule has 140 valence electrons. The first kappa shape index (κ1) is 17.3. The van der Waals surface area contributed by atoms with Crippen molar-refractivity contribution in [3.8, 4) is 12.3 Å². The minimum absolute atomic E-state index is 0.139. The number of H-pyrrole nitrogens is 2. The highest BCUT2D eigenvalue weighted by Gasteiger charge is 2.39. The molecule has 1 fully saturated rings. The van der Waals surface area contributed by atoms with Gasteiger partial charge in [-0.25, -0.2) is 4.79 Å². The molecule has 0 saturated carbocycles. The van der Waals surface area contributed by atoms with Gasteiger partial charge < -0.3 is 19.8 Å². The van der Waals surface area contributed by atoms with Gasteiger partial charge in [0.25, 0.3) is 0 Å². The molecule has 3 heterocycles. The average molecular weight is 366 g/mol. The number of hydrogen-bond donors (Lipinski definition) is 2. The summed E-state index contributed by atoms with van der Waals surface area (Å²) in [5.41, 5.74) is 1.99. The molecule has 0 unspecified atom stereocenters. The standard InChI is InChI=1S/C19H22N6O2/c1-2-3-8-19(22-23-19)9-7-16(26)25-12-10-24(11-13-25)15-6-4-5-14-17(15)21-18(27)20-14/h1,4-6H,3,7-13H2,(H2,20,21,27). The molecule has 8 heteroatoms. The van der Waals surface area contributed by atoms with Crippen LogP contribution in [0.15, 0.2) is 33.2 Å². The largest absolute Gasteiger partial charge is 0.366 e. The van der Waals surface area contributed by atoms with Crippen molar-refractivity contribution >= 4 is 22.6 Å². The lowest BCUT2D eigenvalue weighted by Crippen LogP contribution is -2.49. The summed E-state index contributed by atoms with van der Waals surface area (Å²) in [6.45, 7) is 2.79. The van der Waals surface area contributed by atoms with Crippen molar-refractivity contribution in [2.75, 3.05) is 31.1 Å². The Morgan fingerprint density at radius 1 is 1.19 bits per heavy atom. The Bertz CT molecular complexity index is 968. The lowest BCUT2D eigenvalue weighted by atomic mass is 10.0. The Morgan fingerprint density at radius 3 is 2.67 bits per heavy atom. The van der Waals surface area contributed by atoms with Crippen LogP contribution in [0.3, 0.4) is 0 Å². The average Bonchev–Trinajstić information content (AvgIpc) is 3.36. The smallest absolute Gasteiger partial charge is 0.323 e. The van der Waals surface area contributed by atoms with E-state index < -0.39 is 5.66 Å². The van der Waals surface area contributed by atoms with Crippen molar-refractivity contribution in [1.82, 2.24) is 14.9 Å². The van der Waals surface area contributed by atoms with Crippen LogP contribution in [-0.4, -0.2) is 52.6 Å². The Labute approximate surface area is 156 Å². The zero-order valence-corrected chi connectivity index (χ0v) is 15.1. The van der Waals surface area contributed by atoms with E-state index in [1.54, 1.807) is 0 Å². The Kier molecular flexibility index (Phi) is 4.44. The van der Waals surface area contributed by atoms with Crippen molar-refractivity contribution in [1.29, 1.82) is 0 Å². The molecule has 8 nitrogen and oxygen atoms in total. The lowest BCUT2D eigenvalue weighted by molar-refractivity contribution is -0.131. The third-order valence-corrected chi connectivity index (χ3v) is 5.29. The second kappa shape index (κ2) is 6.91. The van der Waals surface area contributed by atoms with Crippen molar-refractivity contribution in [2.45, 2.75) is 31.3 Å². The molecule has 1 saturated heterocycles. The van der Waals surface area contributed by atoms with Gasteiger partial charge in [-0.3, -0.25) is 4.79 Å². The zero-order valence-electron chi connectivity index (χ0n) is 15.1. The molecule has 4 rings (SSSR count). The number of nitrogens with zero attached hydrogens (tertiary/aromatic N) is 4. The second-order valence-corrected chi connectivity index (χ2v) is 7.03. The highest BCUT2D eigenvalue weighted by Crippen LogP contribution is 2.37. The molecule has 2 aliphatic rings. The number of amides is 1. The number of aromatic amines is 2. The van der Waals surface area contributed by atoms with Gasteiger partial charge in [-0.1, -0.05) is 6.07 Å². The maximum Gasteiger partial charge on any atom is 0.323 e. The van der Waals surface area contributed by atoms with E-state index in [9.17, 15) is 9.59 Å². The quantitative estimate of drug-likeness (QED) is 0.764. The first-order valence-corrected chi connectivity index (χ1v) is 9.21. The molecule has 1 aromatic heterocycles. The van der Waals surface area contributed by atoms with Gasteiger partial charge >= 0.3 is 5.69 Å². The van der Waals surface area contributed by atoms with Gasteiger partial charge in [0.2, 0.25) is 5.91 Å². The molecule has 2 aliphatic heterocycles. The van der Waals surface area contributed by atoms with E-state index in [1.165, 1.54) is 0 Å². The van der Waals surface area contributed by atoms with Crippen LogP contribution in [0.25, 0.3) is 11.0 Å². The predicted molar refractivity (Wildman–Crippen MR) is 103 cm³/mol. The first-order chi connectivity index (χ1) is 13.1. The Morgan fingerprint density at radius 2 is 1.96 bits per heavy atom. The number of carbonyl (C=O) groups excluding carboxylic acids is 1. The van der Waals surface area contributed by atoms with Crippen molar-refractivity contribution < 1.29 is 4.79 Å². The minimum atomic E-state index is -0.403. The minimum Gasteiger partial charge on any atom is -0.366 e. The number of piperazine rings is 1. The van der Waals surface area contributed by atoms with Crippen LogP contribution < -0.4 is 10.6 Å². The molecule has 1 amide bonds. The molecule has 1 aromatic carbocycles. The Hall–Kier alpha value is -3.08. The summed E-state index contributed by atoms with van der Waals surface area (Å²) in [5.74, 6) is 2.74. The fourth-order valence-electron chi connectivity index (χ4n) is 3.64. The van der Waals surface area contributed by atoms with Gasteiger partial charge in [-0.15, -0.1) is 12.3 Å². The number of carbonyl (C=O) groups is 1. The van der Waals surface area contributed by atoms with Crippen LogP contribution in [0, 0.1) is 12.3 Å². The third kappa shape index (κ3) is 3.58. The van der Waals surface area contributed by atoms with Gasteiger partial charge in [0.15, 0.2) is 5.66 Å². The van der Waals surface area contributed by atoms with E-state index in [0.29, 0.717) is 32.4 Å². The third-order valence-electron chi connectivity index (χ3n) is 5.29. The fraction of sp³-hybridized carbons (Fsp3) is 0.474. The number of hydrogen-bond acceptors (Lipinski definition) is 5. The first-order valence-electron chi connectivity index (χ1n) is 9.21. The Balaban J connectivity index is 1.33. The number of anilines is 1. The summed E-state index contributed by atoms with van der Waals surface area (Å²) in [7, 11) is 0. The van der Waals surface area contributed by atoms with E-state index in [2.05, 4.69) is 31.0 Å². The second-order valence-electron chi connectivity index (χ2n) is 7.03. The maximum absolute atomic E-state index is 12.5. The molecule has 2 N–H and O–H groups in total. The lowest BCUT2D eigenvalue weighted by Gasteiger charge is -2.36. The van der Waals surface area contributed by atoms with Crippen LogP contribution in [0.1, 0.15) is 25.7 Å². The summed E-state index contributed by atoms with van der Waals surface area (Å²) < 4.78 is 0. The monoisotopic (exact) mass is 366 g/mol. The highest BCUT2D eigenvalue weighted by molar-refractivity contribution is 5.88. The van der Waals surface area contributed by atoms with Gasteiger partial charge in [0.1, 0.15) is 0 Å². The van der Waals surface area contributed by atoms with Crippen molar-refractivity contribution in [3.63, 3.8) is 0 Å². The molecule has 27 heavy (non-hydrogen) atoms. The maximum atomic E-state index is 12.5. The molecular formula is C19H22N6O2. The number of nitrogens with one attached hydrogen (secondary N) is 2. The molecule has 0 aliphatic carbocycles. The van der Waals surface area contributed by atoms with E-state index in [-0.39, 0.29) is 11.6 Å². The van der Waals surface area contributed by atoms with Crippen LogP contribution in [0.2, 0.25) is 0 Å². The molecular weight excluding hydrogens is 344 g/mol. The topological polar surface area (TPSA) is 96.9 Å². The number of benzene rings is 1. The van der Waals surface area contributed by atoms with E-state index in [0.717, 1.165) is 36.2 Å². The summed E-state index contributed by atoms with van der Waals surface area (Å²) in [5, 5.41) is 8.18. The van der Waals surface area contributed by atoms with Crippen molar-refractivity contribution in [3.05, 3.63) is 28.7 Å². The van der Waals surface area contributed by atoms with Crippen LogP contribution >= 0.6 is 0 Å². The summed E-state index contributed by atoms with van der Waals surface area (Å²) >= 11 is 0.